The fourth-order valence-electron chi connectivity index (χ4n) is 3.93. The van der Waals surface area contributed by atoms with Crippen molar-refractivity contribution in [2.75, 3.05) is 39.3 Å². The van der Waals surface area contributed by atoms with Crippen LogP contribution in [0.2, 0.25) is 0 Å². The van der Waals surface area contributed by atoms with Gasteiger partial charge < -0.3 is 10.2 Å². The van der Waals surface area contributed by atoms with E-state index in [4.69, 9.17) is 0 Å². The monoisotopic (exact) mass is 411 g/mol. The van der Waals surface area contributed by atoms with Crippen LogP contribution in [-0.2, 0) is 4.79 Å². The van der Waals surface area contributed by atoms with Crippen LogP contribution in [0, 0.1) is 6.92 Å². The summed E-state index contributed by atoms with van der Waals surface area (Å²) in [7, 11) is 0. The molecule has 0 bridgehead atoms. The lowest BCUT2D eigenvalue weighted by Crippen LogP contribution is -2.40. The van der Waals surface area contributed by atoms with Gasteiger partial charge in [-0.2, -0.15) is 5.10 Å². The molecule has 7 nitrogen and oxygen atoms in total. The highest BCUT2D eigenvalue weighted by Gasteiger charge is 2.27. The Morgan fingerprint density at radius 3 is 2.50 bits per heavy atom. The summed E-state index contributed by atoms with van der Waals surface area (Å²) in [5, 5.41) is 7.40. The fraction of sp³-hybridized carbons (Fsp3) is 0.522. The lowest BCUT2D eigenvalue weighted by molar-refractivity contribution is -0.122. The molecule has 1 aliphatic rings. The molecular weight excluding hydrogens is 378 g/mol. The number of carbonyl (C=O) groups excluding carboxylic acids is 2. The summed E-state index contributed by atoms with van der Waals surface area (Å²) in [6.07, 6.45) is 2.56. The molecule has 0 unspecified atom stereocenters. The second kappa shape index (κ2) is 9.89. The van der Waals surface area contributed by atoms with Crippen LogP contribution in [0.15, 0.2) is 30.5 Å². The molecule has 1 aromatic heterocycles. The molecule has 3 rings (SSSR count). The molecule has 162 valence electrons. The highest BCUT2D eigenvalue weighted by molar-refractivity contribution is 5.95. The van der Waals surface area contributed by atoms with Crippen LogP contribution in [0.3, 0.4) is 0 Å². The van der Waals surface area contributed by atoms with Crippen molar-refractivity contribution in [1.29, 1.82) is 0 Å². The smallest absolute Gasteiger partial charge is 0.257 e. The van der Waals surface area contributed by atoms with Gasteiger partial charge in [-0.25, -0.2) is 4.68 Å². The van der Waals surface area contributed by atoms with Crippen molar-refractivity contribution in [3.63, 3.8) is 0 Å². The Hall–Kier alpha value is -2.67. The third-order valence-corrected chi connectivity index (χ3v) is 5.48. The Labute approximate surface area is 179 Å². The van der Waals surface area contributed by atoms with E-state index in [1.807, 2.05) is 28.6 Å². The lowest BCUT2D eigenvalue weighted by atomic mass is 10.0. The highest BCUT2D eigenvalue weighted by atomic mass is 16.2. The van der Waals surface area contributed by atoms with E-state index in [-0.39, 0.29) is 17.7 Å². The van der Waals surface area contributed by atoms with Crippen molar-refractivity contribution in [2.45, 2.75) is 40.0 Å². The van der Waals surface area contributed by atoms with Gasteiger partial charge in [-0.1, -0.05) is 31.5 Å². The predicted molar refractivity (Wildman–Crippen MR) is 118 cm³/mol. The summed E-state index contributed by atoms with van der Waals surface area (Å²) in [5.74, 6) is 0.227. The summed E-state index contributed by atoms with van der Waals surface area (Å²) >= 11 is 0. The summed E-state index contributed by atoms with van der Waals surface area (Å²) in [6.45, 7) is 12.0. The van der Waals surface area contributed by atoms with E-state index < -0.39 is 0 Å². The maximum absolute atomic E-state index is 13.4. The molecule has 1 saturated heterocycles. The molecule has 0 atom stereocenters. The van der Waals surface area contributed by atoms with Crippen molar-refractivity contribution < 1.29 is 9.59 Å². The third kappa shape index (κ3) is 5.08. The number of nitrogens with zero attached hydrogens (tertiary/aromatic N) is 4. The van der Waals surface area contributed by atoms with E-state index >= 15 is 0 Å². The number of nitrogens with one attached hydrogen (secondary N) is 1. The molecule has 2 aromatic rings. The maximum atomic E-state index is 13.4. The zero-order valence-electron chi connectivity index (χ0n) is 18.5. The standard InChI is InChI=1S/C23H33N5O2/c1-5-24-21(29)16-26-11-6-12-27(14-13-26)23(30)20-15-25-28(22(20)17(2)3)19-9-7-18(4)8-10-19/h7-10,15,17H,5-6,11-14,16H2,1-4H3,(H,24,29). The van der Waals surface area contributed by atoms with Gasteiger partial charge in [-0.05, 0) is 38.3 Å². The van der Waals surface area contributed by atoms with Crippen LogP contribution in [0.5, 0.6) is 0 Å². The minimum atomic E-state index is 0.0249. The first-order valence-electron chi connectivity index (χ1n) is 10.8. The molecule has 1 aliphatic heterocycles. The number of aryl methyl sites for hydroxylation is 1. The van der Waals surface area contributed by atoms with Crippen molar-refractivity contribution in [2.24, 2.45) is 0 Å². The summed E-state index contributed by atoms with van der Waals surface area (Å²) in [6, 6.07) is 8.18. The molecule has 0 radical (unpaired) electrons. The second-order valence-electron chi connectivity index (χ2n) is 8.22. The van der Waals surface area contributed by atoms with Crippen molar-refractivity contribution in [1.82, 2.24) is 24.9 Å². The first-order valence-corrected chi connectivity index (χ1v) is 10.8. The quantitative estimate of drug-likeness (QED) is 0.793. The van der Waals surface area contributed by atoms with Crippen molar-refractivity contribution in [3.8, 4) is 5.69 Å². The number of rotatable bonds is 6. The largest absolute Gasteiger partial charge is 0.355 e. The van der Waals surface area contributed by atoms with E-state index in [1.165, 1.54) is 5.56 Å². The van der Waals surface area contributed by atoms with Gasteiger partial charge in [0.15, 0.2) is 0 Å². The Bertz CT molecular complexity index is 872. The number of likely N-dealkylation sites (N-methyl/N-ethyl adjacent to an activating group) is 1. The van der Waals surface area contributed by atoms with Gasteiger partial charge in [0, 0.05) is 32.7 Å². The van der Waals surface area contributed by atoms with Gasteiger partial charge in [-0.3, -0.25) is 14.5 Å². The molecule has 0 saturated carbocycles. The average Bonchev–Trinajstić information content (AvgIpc) is 3.03. The summed E-state index contributed by atoms with van der Waals surface area (Å²) in [5.41, 5.74) is 3.76. The minimum Gasteiger partial charge on any atom is -0.355 e. The number of benzene rings is 1. The predicted octanol–water partition coefficient (Wildman–Crippen LogP) is 2.59. The second-order valence-corrected chi connectivity index (χ2v) is 8.22. The first kappa shape index (κ1) is 22.0. The zero-order chi connectivity index (χ0) is 21.7. The number of aromatic nitrogens is 2. The molecule has 0 spiro atoms. The Kier molecular flexibility index (Phi) is 7.26. The van der Waals surface area contributed by atoms with Crippen LogP contribution >= 0.6 is 0 Å². The summed E-state index contributed by atoms with van der Waals surface area (Å²) in [4.78, 5) is 29.3. The lowest BCUT2D eigenvalue weighted by Gasteiger charge is -2.22. The number of hydrogen-bond donors (Lipinski definition) is 1. The normalized spacial score (nSPS) is 15.3. The number of amides is 2. The van der Waals surface area contributed by atoms with E-state index in [1.54, 1.807) is 6.20 Å². The topological polar surface area (TPSA) is 70.5 Å². The fourth-order valence-corrected chi connectivity index (χ4v) is 3.93. The van der Waals surface area contributed by atoms with Crippen LogP contribution in [-0.4, -0.2) is 70.7 Å². The van der Waals surface area contributed by atoms with Crippen LogP contribution in [0.4, 0.5) is 0 Å². The van der Waals surface area contributed by atoms with Gasteiger partial charge in [-0.15, -0.1) is 0 Å². The van der Waals surface area contributed by atoms with E-state index in [0.717, 1.165) is 24.3 Å². The van der Waals surface area contributed by atoms with Crippen molar-refractivity contribution in [3.05, 3.63) is 47.3 Å². The maximum Gasteiger partial charge on any atom is 0.257 e. The minimum absolute atomic E-state index is 0.0249. The third-order valence-electron chi connectivity index (χ3n) is 5.48. The first-order chi connectivity index (χ1) is 14.4. The van der Waals surface area contributed by atoms with Gasteiger partial charge >= 0.3 is 0 Å². The molecule has 7 heteroatoms. The Morgan fingerprint density at radius 1 is 1.10 bits per heavy atom. The average molecular weight is 412 g/mol. The molecule has 1 aromatic carbocycles. The zero-order valence-corrected chi connectivity index (χ0v) is 18.5. The van der Waals surface area contributed by atoms with E-state index in [0.29, 0.717) is 38.3 Å². The van der Waals surface area contributed by atoms with Crippen molar-refractivity contribution >= 4 is 11.8 Å². The summed E-state index contributed by atoms with van der Waals surface area (Å²) < 4.78 is 1.89. The van der Waals surface area contributed by atoms with Crippen LogP contribution in [0.25, 0.3) is 5.69 Å². The van der Waals surface area contributed by atoms with Gasteiger partial charge in [0.1, 0.15) is 0 Å². The van der Waals surface area contributed by atoms with Gasteiger partial charge in [0.2, 0.25) is 5.91 Å². The molecule has 2 heterocycles. The Balaban J connectivity index is 1.76. The van der Waals surface area contributed by atoms with Gasteiger partial charge in [0.25, 0.3) is 5.91 Å². The molecule has 2 amide bonds. The molecule has 1 fully saturated rings. The Morgan fingerprint density at radius 2 is 1.83 bits per heavy atom. The molecule has 30 heavy (non-hydrogen) atoms. The molecule has 0 aliphatic carbocycles. The molecule has 1 N–H and O–H groups in total. The number of hydrogen-bond acceptors (Lipinski definition) is 4. The van der Waals surface area contributed by atoms with E-state index in [2.05, 4.69) is 48.2 Å². The van der Waals surface area contributed by atoms with Crippen LogP contribution < -0.4 is 5.32 Å². The SMILES string of the molecule is CCNC(=O)CN1CCCN(C(=O)c2cnn(-c3ccc(C)cc3)c2C(C)C)CC1. The van der Waals surface area contributed by atoms with Gasteiger partial charge in [0.05, 0.1) is 29.7 Å². The van der Waals surface area contributed by atoms with Crippen LogP contribution in [0.1, 0.15) is 54.7 Å². The van der Waals surface area contributed by atoms with E-state index in [9.17, 15) is 9.59 Å². The number of carbonyl (C=O) groups is 2. The molecular formula is C23H33N5O2. The highest BCUT2D eigenvalue weighted by Crippen LogP contribution is 2.25.